The highest BCUT2D eigenvalue weighted by molar-refractivity contribution is 7.89. The quantitative estimate of drug-likeness (QED) is 0.320. The van der Waals surface area contributed by atoms with Crippen LogP contribution in [0.3, 0.4) is 0 Å². The van der Waals surface area contributed by atoms with Crippen LogP contribution in [0.4, 0.5) is 4.79 Å². The second-order valence-corrected chi connectivity index (χ2v) is 12.8. The fourth-order valence-electron chi connectivity index (χ4n) is 5.08. The van der Waals surface area contributed by atoms with Crippen molar-refractivity contribution in [3.05, 3.63) is 65.7 Å². The number of hydrogen-bond donors (Lipinski definition) is 1. The van der Waals surface area contributed by atoms with Gasteiger partial charge < -0.3 is 19.5 Å². The first-order chi connectivity index (χ1) is 19.3. The highest BCUT2D eigenvalue weighted by atomic mass is 32.2. The Hall–Kier alpha value is -3.44. The van der Waals surface area contributed by atoms with E-state index < -0.39 is 57.6 Å². The topological polar surface area (TPSA) is 128 Å². The average Bonchev–Trinajstić information content (AvgIpc) is 3.27. The highest BCUT2D eigenvalue weighted by Gasteiger charge is 2.54. The van der Waals surface area contributed by atoms with Gasteiger partial charge in [-0.25, -0.2) is 13.2 Å². The van der Waals surface area contributed by atoms with Crippen molar-refractivity contribution in [2.45, 2.75) is 70.5 Å². The number of carbonyl (C=O) groups excluding carboxylic acids is 3. The van der Waals surface area contributed by atoms with Gasteiger partial charge in [-0.2, -0.15) is 4.31 Å². The second-order valence-electron chi connectivity index (χ2n) is 11.0. The smallest absolute Gasteiger partial charge is 0.408 e. The van der Waals surface area contributed by atoms with E-state index in [4.69, 9.17) is 14.2 Å². The third kappa shape index (κ3) is 8.07. The molecule has 0 aliphatic carbocycles. The maximum Gasteiger partial charge on any atom is 0.408 e. The molecule has 2 aromatic rings. The minimum atomic E-state index is -4.22. The largest absolute Gasteiger partial charge is 0.466 e. The van der Waals surface area contributed by atoms with Gasteiger partial charge in [0.1, 0.15) is 11.6 Å². The van der Waals surface area contributed by atoms with E-state index in [1.165, 1.54) is 12.1 Å². The fraction of sp³-hybridized carbons (Fsp3) is 0.500. The summed E-state index contributed by atoms with van der Waals surface area (Å²) in [4.78, 5) is 39.3. The highest BCUT2D eigenvalue weighted by Crippen LogP contribution is 2.43. The molecule has 0 radical (unpaired) electrons. The van der Waals surface area contributed by atoms with E-state index in [-0.39, 0.29) is 31.1 Å². The van der Waals surface area contributed by atoms with Crippen molar-refractivity contribution >= 4 is 28.1 Å². The van der Waals surface area contributed by atoms with Crippen LogP contribution in [0.5, 0.6) is 0 Å². The normalized spacial score (nSPS) is 20.2. The van der Waals surface area contributed by atoms with Crippen molar-refractivity contribution in [3.8, 4) is 0 Å². The summed E-state index contributed by atoms with van der Waals surface area (Å²) in [6.45, 7) is 10.3. The molecule has 1 aliphatic heterocycles. The number of carbonyl (C=O) groups is 3. The summed E-state index contributed by atoms with van der Waals surface area (Å²) in [5.74, 6) is -2.96. The van der Waals surface area contributed by atoms with E-state index >= 15 is 0 Å². The van der Waals surface area contributed by atoms with Crippen LogP contribution in [0, 0.1) is 18.8 Å². The third-order valence-electron chi connectivity index (χ3n) is 6.78. The van der Waals surface area contributed by atoms with E-state index in [0.717, 1.165) is 9.87 Å². The van der Waals surface area contributed by atoms with Crippen LogP contribution < -0.4 is 5.32 Å². The van der Waals surface area contributed by atoms with Crippen LogP contribution >= 0.6 is 0 Å². The number of aryl methyl sites for hydroxylation is 1. The number of ether oxygens (including phenoxy) is 3. The van der Waals surface area contributed by atoms with Crippen molar-refractivity contribution in [3.63, 3.8) is 0 Å². The Morgan fingerprint density at radius 3 is 2.15 bits per heavy atom. The number of benzene rings is 2. The number of rotatable bonds is 10. The number of esters is 2. The average molecular weight is 589 g/mol. The molecule has 10 nitrogen and oxygen atoms in total. The lowest BCUT2D eigenvalue weighted by Gasteiger charge is -2.31. The van der Waals surface area contributed by atoms with Gasteiger partial charge in [0, 0.05) is 18.4 Å². The molecule has 1 N–H and O–H groups in total. The van der Waals surface area contributed by atoms with Gasteiger partial charge in [-0.1, -0.05) is 48.0 Å². The van der Waals surface area contributed by atoms with Crippen LogP contribution in [0.25, 0.3) is 0 Å². The molecule has 0 aromatic heterocycles. The predicted octanol–water partition coefficient (Wildman–Crippen LogP) is 4.38. The number of sulfonamides is 1. The summed E-state index contributed by atoms with van der Waals surface area (Å²) in [6, 6.07) is 13.1. The first-order valence-corrected chi connectivity index (χ1v) is 15.2. The Balaban J connectivity index is 2.17. The van der Waals surface area contributed by atoms with Crippen LogP contribution in [-0.2, 0) is 33.8 Å². The van der Waals surface area contributed by atoms with Gasteiger partial charge >= 0.3 is 18.0 Å². The SMILES string of the molecule is CCOC(=O)C[C@@H]1[C@@H]([C@@H](NC(=O)OC(C)(C)C)c2ccccc2)CN(S(=O)(=O)c2ccc(C)cc2)[C@@H]1C(=O)OCC. The maximum absolute atomic E-state index is 14.0. The van der Waals surface area contributed by atoms with E-state index in [2.05, 4.69) is 5.32 Å². The molecule has 11 heteroatoms. The summed E-state index contributed by atoms with van der Waals surface area (Å²) in [5, 5.41) is 2.89. The Morgan fingerprint density at radius 1 is 0.976 bits per heavy atom. The summed E-state index contributed by atoms with van der Waals surface area (Å²) in [7, 11) is -4.22. The zero-order chi connectivity index (χ0) is 30.4. The molecule has 1 amide bonds. The molecule has 1 aliphatic rings. The number of amides is 1. The minimum Gasteiger partial charge on any atom is -0.466 e. The molecule has 0 unspecified atom stereocenters. The number of nitrogens with one attached hydrogen (secondary N) is 1. The van der Waals surface area contributed by atoms with Gasteiger partial charge in [0.05, 0.1) is 30.6 Å². The van der Waals surface area contributed by atoms with Crippen LogP contribution in [0.15, 0.2) is 59.5 Å². The first-order valence-electron chi connectivity index (χ1n) is 13.7. The van der Waals surface area contributed by atoms with E-state index in [0.29, 0.717) is 5.56 Å². The Kier molecular flexibility index (Phi) is 10.5. The lowest BCUT2D eigenvalue weighted by atomic mass is 9.80. The van der Waals surface area contributed by atoms with Gasteiger partial charge in [0.25, 0.3) is 0 Å². The second kappa shape index (κ2) is 13.5. The summed E-state index contributed by atoms with van der Waals surface area (Å²) >= 11 is 0. The number of nitrogens with zero attached hydrogens (tertiary/aromatic N) is 1. The van der Waals surface area contributed by atoms with Crippen molar-refractivity contribution in [1.82, 2.24) is 9.62 Å². The first kappa shape index (κ1) is 32.1. The molecule has 2 aromatic carbocycles. The summed E-state index contributed by atoms with van der Waals surface area (Å²) < 4.78 is 45.2. The summed E-state index contributed by atoms with van der Waals surface area (Å²) in [6.07, 6.45) is -0.977. The van der Waals surface area contributed by atoms with Crippen LogP contribution in [-0.4, -0.2) is 62.2 Å². The lowest BCUT2D eigenvalue weighted by Crippen LogP contribution is -2.45. The Bertz CT molecular complexity index is 1310. The molecular weight excluding hydrogens is 548 g/mol. The molecule has 1 heterocycles. The Labute approximate surface area is 242 Å². The van der Waals surface area contributed by atoms with Crippen LogP contribution in [0.2, 0.25) is 0 Å². The monoisotopic (exact) mass is 588 g/mol. The van der Waals surface area contributed by atoms with Gasteiger partial charge in [0.15, 0.2) is 0 Å². The van der Waals surface area contributed by atoms with Gasteiger partial charge in [-0.3, -0.25) is 9.59 Å². The van der Waals surface area contributed by atoms with Crippen molar-refractivity contribution in [1.29, 1.82) is 0 Å². The van der Waals surface area contributed by atoms with Crippen molar-refractivity contribution < 1.29 is 37.0 Å². The molecule has 1 saturated heterocycles. The fourth-order valence-corrected chi connectivity index (χ4v) is 6.74. The van der Waals surface area contributed by atoms with E-state index in [9.17, 15) is 22.8 Å². The van der Waals surface area contributed by atoms with Crippen molar-refractivity contribution in [2.75, 3.05) is 19.8 Å². The molecule has 1 fully saturated rings. The lowest BCUT2D eigenvalue weighted by molar-refractivity contribution is -0.150. The van der Waals surface area contributed by atoms with Crippen LogP contribution in [0.1, 0.15) is 58.2 Å². The number of hydrogen-bond acceptors (Lipinski definition) is 8. The van der Waals surface area contributed by atoms with Gasteiger partial charge in [0.2, 0.25) is 10.0 Å². The minimum absolute atomic E-state index is 0.00398. The zero-order valence-corrected chi connectivity index (χ0v) is 25.3. The van der Waals surface area contributed by atoms with E-state index in [1.807, 2.05) is 13.0 Å². The third-order valence-corrected chi connectivity index (χ3v) is 8.64. The standard InChI is InChI=1S/C30H40N2O8S/c1-7-38-25(33)18-23-24(26(21-12-10-9-11-13-21)31-29(35)40-30(4,5)6)19-32(27(23)28(34)39-8-2)41(36,37)22-16-14-20(3)15-17-22/h9-17,23-24,26-27H,7-8,18-19H2,1-6H3,(H,31,35)/t23-,24+,26+,27+/m1/s1. The molecule has 4 atom stereocenters. The number of alkyl carbamates (subject to hydrolysis) is 1. The van der Waals surface area contributed by atoms with E-state index in [1.54, 1.807) is 71.0 Å². The predicted molar refractivity (Wildman–Crippen MR) is 152 cm³/mol. The van der Waals surface area contributed by atoms with Crippen molar-refractivity contribution in [2.24, 2.45) is 11.8 Å². The zero-order valence-electron chi connectivity index (χ0n) is 24.5. The van der Waals surface area contributed by atoms with Gasteiger partial charge in [-0.05, 0) is 59.2 Å². The molecule has 41 heavy (non-hydrogen) atoms. The summed E-state index contributed by atoms with van der Waals surface area (Å²) in [5.41, 5.74) is 0.741. The molecule has 3 rings (SSSR count). The maximum atomic E-state index is 14.0. The molecule has 0 bridgehead atoms. The molecular formula is C30H40N2O8S. The Morgan fingerprint density at radius 2 is 1.59 bits per heavy atom. The molecule has 0 saturated carbocycles. The molecule has 0 spiro atoms. The molecule has 224 valence electrons. The van der Waals surface area contributed by atoms with Gasteiger partial charge in [-0.15, -0.1) is 0 Å².